The van der Waals surface area contributed by atoms with Crippen LogP contribution in [0.15, 0.2) is 24.3 Å². The standard InChI is InChI=1S/C13H17F2N/c1-12(2,3)10-4-6-11(7-5-10)16-8-13(14,15)9-16/h4-7H,8-9H2,1-3H3. The summed E-state index contributed by atoms with van der Waals surface area (Å²) < 4.78 is 25.4. The Hall–Kier alpha value is -1.12. The average molecular weight is 225 g/mol. The zero-order valence-corrected chi connectivity index (χ0v) is 9.93. The third-order valence-corrected chi connectivity index (χ3v) is 2.94. The molecule has 1 heterocycles. The molecule has 0 radical (unpaired) electrons. The van der Waals surface area contributed by atoms with Crippen molar-refractivity contribution in [3.63, 3.8) is 0 Å². The number of rotatable bonds is 1. The fraction of sp³-hybridized carbons (Fsp3) is 0.538. The molecule has 0 spiro atoms. The molecule has 1 aliphatic rings. The Morgan fingerprint density at radius 2 is 1.56 bits per heavy atom. The van der Waals surface area contributed by atoms with E-state index < -0.39 is 5.92 Å². The van der Waals surface area contributed by atoms with Crippen molar-refractivity contribution in [3.05, 3.63) is 29.8 Å². The zero-order valence-electron chi connectivity index (χ0n) is 9.93. The van der Waals surface area contributed by atoms with E-state index in [1.54, 1.807) is 4.90 Å². The van der Waals surface area contributed by atoms with Crippen LogP contribution in [0.5, 0.6) is 0 Å². The van der Waals surface area contributed by atoms with Gasteiger partial charge in [-0.15, -0.1) is 0 Å². The highest BCUT2D eigenvalue weighted by Crippen LogP contribution is 2.32. The molecule has 0 aromatic heterocycles. The fourth-order valence-corrected chi connectivity index (χ4v) is 1.87. The molecule has 88 valence electrons. The molecule has 0 N–H and O–H groups in total. The molecule has 1 aliphatic heterocycles. The first-order valence-electron chi connectivity index (χ1n) is 5.51. The topological polar surface area (TPSA) is 3.24 Å². The highest BCUT2D eigenvalue weighted by atomic mass is 19.3. The second kappa shape index (κ2) is 3.44. The molecule has 1 aromatic rings. The summed E-state index contributed by atoms with van der Waals surface area (Å²) in [4.78, 5) is 1.70. The minimum absolute atomic E-state index is 0.109. The van der Waals surface area contributed by atoms with Crippen LogP contribution >= 0.6 is 0 Å². The maximum atomic E-state index is 12.7. The SMILES string of the molecule is CC(C)(C)c1ccc(N2CC(F)(F)C2)cc1. The minimum Gasteiger partial charge on any atom is -0.359 e. The van der Waals surface area contributed by atoms with Gasteiger partial charge in [-0.2, -0.15) is 0 Å². The normalized spacial score (nSPS) is 19.4. The Labute approximate surface area is 95.1 Å². The van der Waals surface area contributed by atoms with Crippen molar-refractivity contribution in [2.45, 2.75) is 32.1 Å². The third-order valence-electron chi connectivity index (χ3n) is 2.94. The molecular weight excluding hydrogens is 208 g/mol. The molecule has 1 aromatic carbocycles. The monoisotopic (exact) mass is 225 g/mol. The van der Waals surface area contributed by atoms with E-state index in [9.17, 15) is 8.78 Å². The van der Waals surface area contributed by atoms with Gasteiger partial charge in [0, 0.05) is 5.69 Å². The third kappa shape index (κ3) is 2.18. The number of hydrogen-bond acceptors (Lipinski definition) is 1. The van der Waals surface area contributed by atoms with Crippen molar-refractivity contribution in [2.24, 2.45) is 0 Å². The maximum absolute atomic E-state index is 12.7. The van der Waals surface area contributed by atoms with Gasteiger partial charge in [-0.1, -0.05) is 32.9 Å². The molecule has 0 unspecified atom stereocenters. The van der Waals surface area contributed by atoms with E-state index in [2.05, 4.69) is 20.8 Å². The van der Waals surface area contributed by atoms with Crippen molar-refractivity contribution in [1.82, 2.24) is 0 Å². The molecule has 0 aliphatic carbocycles. The molecular formula is C13H17F2N. The first-order valence-corrected chi connectivity index (χ1v) is 5.51. The summed E-state index contributed by atoms with van der Waals surface area (Å²) in [7, 11) is 0. The molecule has 1 saturated heterocycles. The van der Waals surface area contributed by atoms with Gasteiger partial charge in [-0.3, -0.25) is 0 Å². The van der Waals surface area contributed by atoms with Crippen molar-refractivity contribution >= 4 is 5.69 Å². The lowest BCUT2D eigenvalue weighted by molar-refractivity contribution is -0.0262. The highest BCUT2D eigenvalue weighted by molar-refractivity contribution is 5.51. The number of nitrogens with zero attached hydrogens (tertiary/aromatic N) is 1. The van der Waals surface area contributed by atoms with Gasteiger partial charge in [0.2, 0.25) is 0 Å². The second-order valence-corrected chi connectivity index (χ2v) is 5.51. The first-order chi connectivity index (χ1) is 7.28. The Morgan fingerprint density at radius 1 is 1.06 bits per heavy atom. The van der Waals surface area contributed by atoms with Crippen LogP contribution in [0.2, 0.25) is 0 Å². The number of benzene rings is 1. The Balaban J connectivity index is 2.10. The van der Waals surface area contributed by atoms with Gasteiger partial charge < -0.3 is 4.90 Å². The largest absolute Gasteiger partial charge is 0.359 e. The van der Waals surface area contributed by atoms with Crippen LogP contribution < -0.4 is 4.90 Å². The Bertz CT molecular complexity index is 368. The van der Waals surface area contributed by atoms with Crippen LogP contribution in [0, 0.1) is 0 Å². The summed E-state index contributed by atoms with van der Waals surface area (Å²) in [5.41, 5.74) is 2.22. The van der Waals surface area contributed by atoms with Gasteiger partial charge in [0.15, 0.2) is 0 Å². The molecule has 0 bridgehead atoms. The van der Waals surface area contributed by atoms with Crippen molar-refractivity contribution in [3.8, 4) is 0 Å². The lowest BCUT2D eigenvalue weighted by Crippen LogP contribution is -2.56. The Kier molecular flexibility index (Phi) is 2.44. The van der Waals surface area contributed by atoms with Crippen LogP contribution in [-0.2, 0) is 5.41 Å². The predicted molar refractivity (Wildman–Crippen MR) is 62.3 cm³/mol. The molecule has 0 amide bonds. The molecule has 3 heteroatoms. The van der Waals surface area contributed by atoms with E-state index in [1.165, 1.54) is 5.56 Å². The molecule has 0 saturated carbocycles. The average Bonchev–Trinajstić information content (AvgIpc) is 2.13. The van der Waals surface area contributed by atoms with Crippen LogP contribution in [0.1, 0.15) is 26.3 Å². The van der Waals surface area contributed by atoms with Crippen LogP contribution in [0.3, 0.4) is 0 Å². The van der Waals surface area contributed by atoms with Crippen molar-refractivity contribution in [2.75, 3.05) is 18.0 Å². The van der Waals surface area contributed by atoms with Crippen LogP contribution in [0.25, 0.3) is 0 Å². The summed E-state index contributed by atoms with van der Waals surface area (Å²) >= 11 is 0. The first kappa shape index (κ1) is 11.4. The molecule has 0 atom stereocenters. The van der Waals surface area contributed by atoms with Gasteiger partial charge >= 0.3 is 0 Å². The van der Waals surface area contributed by atoms with Crippen LogP contribution in [0.4, 0.5) is 14.5 Å². The van der Waals surface area contributed by atoms with Gasteiger partial charge in [-0.05, 0) is 23.1 Å². The summed E-state index contributed by atoms with van der Waals surface area (Å²) in [5.74, 6) is -2.50. The van der Waals surface area contributed by atoms with E-state index in [4.69, 9.17) is 0 Å². The lowest BCUT2D eigenvalue weighted by atomic mass is 9.87. The smallest absolute Gasteiger partial charge is 0.282 e. The van der Waals surface area contributed by atoms with Crippen molar-refractivity contribution in [1.29, 1.82) is 0 Å². The van der Waals surface area contributed by atoms with E-state index in [0.29, 0.717) is 0 Å². The number of halogens is 2. The second-order valence-electron chi connectivity index (χ2n) is 5.51. The summed E-state index contributed by atoms with van der Waals surface area (Å²) in [6.45, 7) is 6.11. The summed E-state index contributed by atoms with van der Waals surface area (Å²) in [5, 5.41) is 0. The van der Waals surface area contributed by atoms with E-state index in [1.807, 2.05) is 24.3 Å². The molecule has 1 nitrogen and oxygen atoms in total. The quantitative estimate of drug-likeness (QED) is 0.707. The van der Waals surface area contributed by atoms with Gasteiger partial charge in [0.1, 0.15) is 0 Å². The molecule has 1 fully saturated rings. The number of hydrogen-bond donors (Lipinski definition) is 0. The Morgan fingerprint density at radius 3 is 1.94 bits per heavy atom. The van der Waals surface area contributed by atoms with Crippen LogP contribution in [-0.4, -0.2) is 19.0 Å². The molecule has 16 heavy (non-hydrogen) atoms. The maximum Gasteiger partial charge on any atom is 0.282 e. The van der Waals surface area contributed by atoms with Gasteiger partial charge in [0.25, 0.3) is 5.92 Å². The number of anilines is 1. The van der Waals surface area contributed by atoms with Gasteiger partial charge in [-0.25, -0.2) is 8.78 Å². The minimum atomic E-state index is -2.50. The molecule has 2 rings (SSSR count). The van der Waals surface area contributed by atoms with Gasteiger partial charge in [0.05, 0.1) is 13.1 Å². The van der Waals surface area contributed by atoms with E-state index in [0.717, 1.165) is 5.69 Å². The van der Waals surface area contributed by atoms with E-state index >= 15 is 0 Å². The zero-order chi connectivity index (χ0) is 12.0. The predicted octanol–water partition coefficient (Wildman–Crippen LogP) is 3.44. The lowest BCUT2D eigenvalue weighted by Gasteiger charge is -2.40. The van der Waals surface area contributed by atoms with E-state index in [-0.39, 0.29) is 18.5 Å². The summed E-state index contributed by atoms with van der Waals surface area (Å²) in [6.07, 6.45) is 0. The summed E-state index contributed by atoms with van der Waals surface area (Å²) in [6, 6.07) is 7.89. The van der Waals surface area contributed by atoms with Crippen molar-refractivity contribution < 1.29 is 8.78 Å². The number of alkyl halides is 2. The highest BCUT2D eigenvalue weighted by Gasteiger charge is 2.43. The fourth-order valence-electron chi connectivity index (χ4n) is 1.87.